The number of anilines is 1. The minimum Gasteiger partial charge on any atom is -0.377 e. The van der Waals surface area contributed by atoms with Crippen LogP contribution in [0.5, 0.6) is 0 Å². The van der Waals surface area contributed by atoms with Gasteiger partial charge >= 0.3 is 0 Å². The highest BCUT2D eigenvalue weighted by molar-refractivity contribution is 7.18. The third kappa shape index (κ3) is 3.35. The Morgan fingerprint density at radius 3 is 2.88 bits per heavy atom. The summed E-state index contributed by atoms with van der Waals surface area (Å²) in [5, 5.41) is 12.0. The van der Waals surface area contributed by atoms with E-state index in [-0.39, 0.29) is 18.0 Å². The molecular weight excluding hydrogens is 350 g/mol. The van der Waals surface area contributed by atoms with E-state index in [4.69, 9.17) is 4.74 Å². The van der Waals surface area contributed by atoms with Crippen molar-refractivity contribution in [3.05, 3.63) is 32.1 Å². The van der Waals surface area contributed by atoms with Gasteiger partial charge in [0.25, 0.3) is 5.56 Å². The van der Waals surface area contributed by atoms with Gasteiger partial charge in [-0.05, 0) is 19.9 Å². The fraction of sp³-hybridized carbons (Fsp3) is 0.357. The third-order valence-electron chi connectivity index (χ3n) is 3.25. The molecule has 126 valence electrons. The van der Waals surface area contributed by atoms with E-state index in [0.29, 0.717) is 32.8 Å². The zero-order valence-electron chi connectivity index (χ0n) is 13.3. The second-order valence-corrected chi connectivity index (χ2v) is 7.41. The van der Waals surface area contributed by atoms with E-state index in [2.05, 4.69) is 20.5 Å². The molecule has 8 nitrogen and oxygen atoms in total. The van der Waals surface area contributed by atoms with Crippen LogP contribution in [0.4, 0.5) is 5.13 Å². The number of carbonyl (C=O) groups is 1. The Kier molecular flexibility index (Phi) is 4.69. The van der Waals surface area contributed by atoms with Crippen molar-refractivity contribution in [3.63, 3.8) is 0 Å². The molecule has 0 aliphatic rings. The smallest absolute Gasteiger partial charge is 0.262 e. The Hall–Kier alpha value is -2.17. The van der Waals surface area contributed by atoms with Gasteiger partial charge in [-0.15, -0.1) is 21.5 Å². The zero-order chi connectivity index (χ0) is 17.3. The molecule has 0 saturated heterocycles. The van der Waals surface area contributed by atoms with E-state index in [1.54, 1.807) is 20.1 Å². The maximum absolute atomic E-state index is 12.5. The van der Waals surface area contributed by atoms with Gasteiger partial charge in [0.1, 0.15) is 28.8 Å². The average molecular weight is 365 g/mol. The van der Waals surface area contributed by atoms with Gasteiger partial charge in [-0.3, -0.25) is 19.5 Å². The number of amides is 1. The number of carbonyl (C=O) groups excluding carboxylic acids is 1. The van der Waals surface area contributed by atoms with Crippen LogP contribution >= 0.6 is 22.7 Å². The summed E-state index contributed by atoms with van der Waals surface area (Å²) >= 11 is 2.69. The molecule has 10 heteroatoms. The number of nitrogens with zero attached hydrogens (tertiary/aromatic N) is 4. The van der Waals surface area contributed by atoms with Crippen LogP contribution in [0, 0.1) is 13.8 Å². The molecule has 0 aliphatic carbocycles. The van der Waals surface area contributed by atoms with Crippen LogP contribution in [0.25, 0.3) is 10.2 Å². The summed E-state index contributed by atoms with van der Waals surface area (Å²) in [4.78, 5) is 30.9. The first-order chi connectivity index (χ1) is 11.5. The highest BCUT2D eigenvalue weighted by Crippen LogP contribution is 2.20. The number of ether oxygens (including phenoxy) is 1. The summed E-state index contributed by atoms with van der Waals surface area (Å²) in [6.45, 7) is 3.85. The van der Waals surface area contributed by atoms with Crippen LogP contribution in [-0.4, -0.2) is 32.8 Å². The van der Waals surface area contributed by atoms with Gasteiger partial charge in [0.05, 0.1) is 5.39 Å². The number of methoxy groups -OCH3 is 1. The van der Waals surface area contributed by atoms with Gasteiger partial charge in [0.15, 0.2) is 0 Å². The summed E-state index contributed by atoms with van der Waals surface area (Å²) in [7, 11) is 1.56. The number of aromatic nitrogens is 4. The predicted molar refractivity (Wildman–Crippen MR) is 92.6 cm³/mol. The first-order valence-corrected chi connectivity index (χ1v) is 8.70. The zero-order valence-corrected chi connectivity index (χ0v) is 15.0. The Balaban J connectivity index is 1.80. The maximum atomic E-state index is 12.5. The van der Waals surface area contributed by atoms with Gasteiger partial charge in [-0.25, -0.2) is 4.98 Å². The molecule has 3 aromatic rings. The largest absolute Gasteiger partial charge is 0.377 e. The van der Waals surface area contributed by atoms with Crippen molar-refractivity contribution < 1.29 is 9.53 Å². The molecule has 3 heterocycles. The Morgan fingerprint density at radius 2 is 2.12 bits per heavy atom. The van der Waals surface area contributed by atoms with Gasteiger partial charge < -0.3 is 4.74 Å². The summed E-state index contributed by atoms with van der Waals surface area (Å²) in [6.07, 6.45) is 0. The predicted octanol–water partition coefficient (Wildman–Crippen LogP) is 1.71. The standard InChI is InChI=1S/C14H15N5O3S2/c1-7-4-9-12(23-7)15-8(2)19(13(9)21)5-10(20)16-14-18-17-11(24-14)6-22-3/h4H,5-6H2,1-3H3,(H,16,18,20). The van der Waals surface area contributed by atoms with Crippen molar-refractivity contribution in [1.82, 2.24) is 19.7 Å². The van der Waals surface area contributed by atoms with E-state index >= 15 is 0 Å². The van der Waals surface area contributed by atoms with Crippen LogP contribution in [0.3, 0.4) is 0 Å². The molecule has 0 fully saturated rings. The highest BCUT2D eigenvalue weighted by atomic mass is 32.1. The van der Waals surface area contributed by atoms with Gasteiger partial charge in [-0.1, -0.05) is 11.3 Å². The second-order valence-electron chi connectivity index (χ2n) is 5.11. The number of hydrogen-bond donors (Lipinski definition) is 1. The van der Waals surface area contributed by atoms with Crippen LogP contribution in [0.1, 0.15) is 15.7 Å². The number of rotatable bonds is 5. The average Bonchev–Trinajstić information content (AvgIpc) is 3.10. The first-order valence-electron chi connectivity index (χ1n) is 7.06. The van der Waals surface area contributed by atoms with Crippen molar-refractivity contribution in [2.24, 2.45) is 0 Å². The SMILES string of the molecule is COCc1nnc(NC(=O)Cn2c(C)nc3sc(C)cc3c2=O)s1. The lowest BCUT2D eigenvalue weighted by Crippen LogP contribution is -2.29. The summed E-state index contributed by atoms with van der Waals surface area (Å²) < 4.78 is 6.32. The van der Waals surface area contributed by atoms with Crippen LogP contribution < -0.4 is 10.9 Å². The minimum atomic E-state index is -0.353. The van der Waals surface area contributed by atoms with Crippen molar-refractivity contribution in [3.8, 4) is 0 Å². The fourth-order valence-electron chi connectivity index (χ4n) is 2.21. The van der Waals surface area contributed by atoms with Crippen LogP contribution in [-0.2, 0) is 22.7 Å². The van der Waals surface area contributed by atoms with Gasteiger partial charge in [-0.2, -0.15) is 0 Å². The van der Waals surface area contributed by atoms with Crippen molar-refractivity contribution in [2.75, 3.05) is 12.4 Å². The molecular formula is C14H15N5O3S2. The third-order valence-corrected chi connectivity index (χ3v) is 5.00. The van der Waals surface area contributed by atoms with Crippen molar-refractivity contribution in [1.29, 1.82) is 0 Å². The minimum absolute atomic E-state index is 0.123. The van der Waals surface area contributed by atoms with E-state index < -0.39 is 0 Å². The molecule has 3 rings (SSSR count). The molecule has 1 N–H and O–H groups in total. The molecule has 3 aromatic heterocycles. The molecule has 0 aromatic carbocycles. The number of nitrogens with one attached hydrogen (secondary N) is 1. The van der Waals surface area contributed by atoms with E-state index in [1.165, 1.54) is 27.2 Å². The summed E-state index contributed by atoms with van der Waals surface area (Å²) in [6, 6.07) is 1.80. The molecule has 0 spiro atoms. The number of fused-ring (bicyclic) bond motifs is 1. The molecule has 24 heavy (non-hydrogen) atoms. The highest BCUT2D eigenvalue weighted by Gasteiger charge is 2.14. The summed E-state index contributed by atoms with van der Waals surface area (Å²) in [5.74, 6) is 0.148. The topological polar surface area (TPSA) is 99.0 Å². The van der Waals surface area contributed by atoms with Crippen molar-refractivity contribution in [2.45, 2.75) is 27.0 Å². The van der Waals surface area contributed by atoms with E-state index in [1.807, 2.05) is 6.92 Å². The Bertz CT molecular complexity index is 959. The quantitative estimate of drug-likeness (QED) is 0.739. The normalized spacial score (nSPS) is 11.1. The molecule has 0 unspecified atom stereocenters. The number of thiophene rings is 1. The first kappa shape index (κ1) is 16.7. The maximum Gasteiger partial charge on any atom is 0.262 e. The van der Waals surface area contributed by atoms with E-state index in [0.717, 1.165) is 4.88 Å². The van der Waals surface area contributed by atoms with Crippen molar-refractivity contribution >= 4 is 43.9 Å². The monoisotopic (exact) mass is 365 g/mol. The van der Waals surface area contributed by atoms with Crippen LogP contribution in [0.15, 0.2) is 10.9 Å². The number of hydrogen-bond acceptors (Lipinski definition) is 8. The molecule has 0 saturated carbocycles. The van der Waals surface area contributed by atoms with Gasteiger partial charge in [0.2, 0.25) is 11.0 Å². The lowest BCUT2D eigenvalue weighted by Gasteiger charge is -2.08. The molecule has 0 radical (unpaired) electrons. The Labute approximate surface area is 145 Å². The molecule has 1 amide bonds. The summed E-state index contributed by atoms with van der Waals surface area (Å²) in [5.41, 5.74) is -0.214. The molecule has 0 bridgehead atoms. The Morgan fingerprint density at radius 1 is 1.33 bits per heavy atom. The van der Waals surface area contributed by atoms with Crippen LogP contribution in [0.2, 0.25) is 0 Å². The lowest BCUT2D eigenvalue weighted by atomic mass is 10.3. The lowest BCUT2D eigenvalue weighted by molar-refractivity contribution is -0.116. The van der Waals surface area contributed by atoms with Gasteiger partial charge in [0, 0.05) is 12.0 Å². The fourth-order valence-corrected chi connectivity index (χ4v) is 3.86. The molecule has 0 aliphatic heterocycles. The van der Waals surface area contributed by atoms with E-state index in [9.17, 15) is 9.59 Å². The molecule has 0 atom stereocenters. The number of aryl methyl sites for hydroxylation is 2. The second kappa shape index (κ2) is 6.75.